The highest BCUT2D eigenvalue weighted by Crippen LogP contribution is 2.51. The van der Waals surface area contributed by atoms with Crippen LogP contribution >= 0.6 is 0 Å². The van der Waals surface area contributed by atoms with Crippen LogP contribution < -0.4 is 0 Å². The third-order valence-corrected chi connectivity index (χ3v) is 6.05. The molecule has 2 aliphatic carbocycles. The molecular weight excluding hydrogens is 314 g/mol. The molecule has 0 fully saturated rings. The molecule has 1 aromatic heterocycles. The van der Waals surface area contributed by atoms with Crippen molar-refractivity contribution in [3.63, 3.8) is 0 Å². The Kier molecular flexibility index (Phi) is 2.71. The van der Waals surface area contributed by atoms with Crippen LogP contribution in [0.5, 0.6) is 0 Å². The van der Waals surface area contributed by atoms with E-state index < -0.39 is 0 Å². The molecule has 26 heavy (non-hydrogen) atoms. The number of aromatic amines is 1. The Labute approximate surface area is 152 Å². The van der Waals surface area contributed by atoms with Crippen LogP contribution in [0, 0.1) is 6.92 Å². The minimum atomic E-state index is 0.419. The summed E-state index contributed by atoms with van der Waals surface area (Å²) >= 11 is 0. The van der Waals surface area contributed by atoms with Gasteiger partial charge in [0.25, 0.3) is 0 Å². The molecule has 1 nitrogen and oxygen atoms in total. The first-order valence-corrected chi connectivity index (χ1v) is 9.30. The Bertz CT molecular complexity index is 1250. The zero-order valence-corrected chi connectivity index (χ0v) is 14.7. The number of aromatic nitrogens is 1. The molecule has 0 saturated carbocycles. The molecule has 0 aliphatic heterocycles. The van der Waals surface area contributed by atoms with Crippen LogP contribution in [0.4, 0.5) is 0 Å². The van der Waals surface area contributed by atoms with Gasteiger partial charge in [0.2, 0.25) is 0 Å². The van der Waals surface area contributed by atoms with Gasteiger partial charge in [0.15, 0.2) is 0 Å². The van der Waals surface area contributed by atoms with Gasteiger partial charge in [0.1, 0.15) is 0 Å². The summed E-state index contributed by atoms with van der Waals surface area (Å²) in [6.07, 6.45) is 9.09. The standard InChI is InChI=1S/C25H19N/c1-15-10-13-23-22(14-15)21-12-11-20-18-8-3-2-6-16(18)17-7-4-5-9-19(17)24(20)25(21)26-23/h2-14,16,18,26H,1H3. The first kappa shape index (κ1) is 14.1. The van der Waals surface area contributed by atoms with Gasteiger partial charge in [0, 0.05) is 33.7 Å². The van der Waals surface area contributed by atoms with E-state index in [-0.39, 0.29) is 0 Å². The molecule has 2 atom stereocenters. The van der Waals surface area contributed by atoms with E-state index in [4.69, 9.17) is 0 Å². The van der Waals surface area contributed by atoms with Crippen LogP contribution in [0.3, 0.4) is 0 Å². The summed E-state index contributed by atoms with van der Waals surface area (Å²) in [7, 11) is 0. The van der Waals surface area contributed by atoms with E-state index in [1.165, 1.54) is 49.6 Å². The SMILES string of the molecule is Cc1ccc2[nH]c3c4c(ccc3c2c1)C1C=CC=CC1c1ccccc1-4. The fraction of sp³-hybridized carbons (Fsp3) is 0.120. The van der Waals surface area contributed by atoms with Gasteiger partial charge in [0.05, 0.1) is 5.52 Å². The Morgan fingerprint density at radius 2 is 1.58 bits per heavy atom. The lowest BCUT2D eigenvalue weighted by molar-refractivity contribution is 0.721. The van der Waals surface area contributed by atoms with Gasteiger partial charge in [-0.2, -0.15) is 0 Å². The van der Waals surface area contributed by atoms with Crippen molar-refractivity contribution in [3.05, 3.63) is 95.6 Å². The average Bonchev–Trinajstić information content (AvgIpc) is 3.06. The lowest BCUT2D eigenvalue weighted by Gasteiger charge is -2.34. The maximum Gasteiger partial charge on any atom is 0.0547 e. The van der Waals surface area contributed by atoms with Crippen LogP contribution in [-0.4, -0.2) is 4.98 Å². The van der Waals surface area contributed by atoms with Crippen molar-refractivity contribution in [2.45, 2.75) is 18.8 Å². The molecule has 0 saturated heterocycles. The Hall–Kier alpha value is -3.06. The quantitative estimate of drug-likeness (QED) is 0.373. The minimum absolute atomic E-state index is 0.419. The fourth-order valence-electron chi connectivity index (χ4n) is 4.88. The topological polar surface area (TPSA) is 15.8 Å². The Balaban J connectivity index is 1.77. The van der Waals surface area contributed by atoms with E-state index >= 15 is 0 Å². The van der Waals surface area contributed by atoms with E-state index in [2.05, 4.69) is 90.8 Å². The predicted octanol–water partition coefficient (Wildman–Crippen LogP) is 6.60. The lowest BCUT2D eigenvalue weighted by Crippen LogP contribution is -2.16. The highest BCUT2D eigenvalue weighted by Gasteiger charge is 2.33. The first-order chi connectivity index (χ1) is 12.8. The van der Waals surface area contributed by atoms with Gasteiger partial charge in [-0.3, -0.25) is 0 Å². The van der Waals surface area contributed by atoms with E-state index in [1.807, 2.05) is 0 Å². The average molecular weight is 333 g/mol. The van der Waals surface area contributed by atoms with Crippen LogP contribution in [0.1, 0.15) is 28.5 Å². The van der Waals surface area contributed by atoms with E-state index in [1.54, 1.807) is 0 Å². The van der Waals surface area contributed by atoms with Crippen LogP contribution in [0.15, 0.2) is 78.9 Å². The largest absolute Gasteiger partial charge is 0.354 e. The maximum atomic E-state index is 3.73. The number of aryl methyl sites for hydroxylation is 1. The van der Waals surface area contributed by atoms with Crippen molar-refractivity contribution in [2.75, 3.05) is 0 Å². The summed E-state index contributed by atoms with van der Waals surface area (Å²) in [4.78, 5) is 3.73. The predicted molar refractivity (Wildman–Crippen MR) is 110 cm³/mol. The second-order valence-corrected chi connectivity index (χ2v) is 7.54. The van der Waals surface area contributed by atoms with Gasteiger partial charge in [-0.1, -0.05) is 72.3 Å². The van der Waals surface area contributed by atoms with Gasteiger partial charge < -0.3 is 4.98 Å². The molecule has 0 bridgehead atoms. The van der Waals surface area contributed by atoms with Gasteiger partial charge in [-0.05, 0) is 35.7 Å². The number of rotatable bonds is 0. The number of nitrogens with one attached hydrogen (secondary N) is 1. The summed E-state index contributed by atoms with van der Waals surface area (Å²) in [5.74, 6) is 0.857. The third kappa shape index (κ3) is 1.75. The van der Waals surface area contributed by atoms with Crippen molar-refractivity contribution >= 4 is 21.8 Å². The third-order valence-electron chi connectivity index (χ3n) is 6.05. The van der Waals surface area contributed by atoms with Crippen molar-refractivity contribution in [1.29, 1.82) is 0 Å². The Morgan fingerprint density at radius 3 is 2.46 bits per heavy atom. The number of fused-ring (bicyclic) bond motifs is 10. The molecule has 4 aromatic rings. The second kappa shape index (κ2) is 4.98. The van der Waals surface area contributed by atoms with Crippen LogP contribution in [-0.2, 0) is 0 Å². The summed E-state index contributed by atoms with van der Waals surface area (Å²) < 4.78 is 0. The summed E-state index contributed by atoms with van der Waals surface area (Å²) in [5.41, 5.74) is 9.43. The molecular formula is C25H19N. The van der Waals surface area contributed by atoms with Gasteiger partial charge >= 0.3 is 0 Å². The summed E-state index contributed by atoms with van der Waals surface area (Å²) in [6, 6.07) is 20.3. The maximum absolute atomic E-state index is 3.73. The summed E-state index contributed by atoms with van der Waals surface area (Å²) in [6.45, 7) is 2.16. The minimum Gasteiger partial charge on any atom is -0.354 e. The smallest absolute Gasteiger partial charge is 0.0547 e. The number of allylic oxidation sites excluding steroid dienone is 4. The van der Waals surface area contributed by atoms with E-state index in [0.29, 0.717) is 11.8 Å². The highest BCUT2D eigenvalue weighted by atomic mass is 14.7. The molecule has 1 heteroatoms. The molecule has 1 N–H and O–H groups in total. The first-order valence-electron chi connectivity index (χ1n) is 9.30. The normalized spacial score (nSPS) is 20.2. The molecule has 0 spiro atoms. The van der Waals surface area contributed by atoms with E-state index in [0.717, 1.165) is 0 Å². The molecule has 124 valence electrons. The molecule has 3 aromatic carbocycles. The molecule has 1 heterocycles. The number of hydrogen-bond donors (Lipinski definition) is 1. The van der Waals surface area contributed by atoms with Crippen molar-refractivity contribution in [1.82, 2.24) is 4.98 Å². The second-order valence-electron chi connectivity index (χ2n) is 7.54. The zero-order valence-electron chi connectivity index (χ0n) is 14.7. The molecule has 6 rings (SSSR count). The van der Waals surface area contributed by atoms with E-state index in [9.17, 15) is 0 Å². The Morgan fingerprint density at radius 1 is 0.769 bits per heavy atom. The molecule has 2 aliphatic rings. The molecule has 2 unspecified atom stereocenters. The van der Waals surface area contributed by atoms with Gasteiger partial charge in [-0.25, -0.2) is 0 Å². The van der Waals surface area contributed by atoms with Gasteiger partial charge in [-0.15, -0.1) is 0 Å². The van der Waals surface area contributed by atoms with Crippen LogP contribution in [0.25, 0.3) is 32.9 Å². The van der Waals surface area contributed by atoms with Crippen molar-refractivity contribution in [3.8, 4) is 11.1 Å². The van der Waals surface area contributed by atoms with Crippen molar-refractivity contribution < 1.29 is 0 Å². The zero-order chi connectivity index (χ0) is 17.3. The molecule has 0 radical (unpaired) electrons. The van der Waals surface area contributed by atoms with Crippen molar-refractivity contribution in [2.24, 2.45) is 0 Å². The monoisotopic (exact) mass is 333 g/mol. The van der Waals surface area contributed by atoms with Crippen LogP contribution in [0.2, 0.25) is 0 Å². The number of hydrogen-bond acceptors (Lipinski definition) is 0. The highest BCUT2D eigenvalue weighted by molar-refractivity contribution is 6.13. The number of H-pyrrole nitrogens is 1. The number of benzene rings is 3. The fourth-order valence-corrected chi connectivity index (χ4v) is 4.88. The summed E-state index contributed by atoms with van der Waals surface area (Å²) in [5, 5.41) is 2.65. The molecule has 0 amide bonds. The lowest BCUT2D eigenvalue weighted by atomic mass is 9.69.